The van der Waals surface area contributed by atoms with Crippen LogP contribution < -0.4 is 10.6 Å². The Morgan fingerprint density at radius 2 is 1.74 bits per heavy atom. The molecule has 0 amide bonds. The molecule has 7 nitrogen and oxygen atoms in total. The van der Waals surface area contributed by atoms with Crippen molar-refractivity contribution in [3.63, 3.8) is 0 Å². The van der Waals surface area contributed by atoms with E-state index in [1.165, 1.54) is 36.8 Å². The van der Waals surface area contributed by atoms with Gasteiger partial charge in [0.05, 0.1) is 0 Å². The molecule has 1 aliphatic carbocycles. The Balaban J connectivity index is 1.33. The lowest BCUT2D eigenvalue weighted by Crippen LogP contribution is -2.50. The molecule has 2 aromatic rings. The van der Waals surface area contributed by atoms with E-state index in [2.05, 4.69) is 56.9 Å². The molecule has 0 atom stereocenters. The maximum absolute atomic E-state index is 4.88. The molecule has 1 aromatic carbocycles. The second-order valence-corrected chi connectivity index (χ2v) is 9.20. The van der Waals surface area contributed by atoms with Crippen LogP contribution in [0.15, 0.2) is 29.3 Å². The molecular weight excluding hydrogens is 386 g/mol. The number of nitrogens with zero attached hydrogens (tertiary/aromatic N) is 5. The molecule has 7 heteroatoms. The predicted octanol–water partition coefficient (Wildman–Crippen LogP) is 3.07. The van der Waals surface area contributed by atoms with Crippen LogP contribution in [0, 0.1) is 13.8 Å². The predicted molar refractivity (Wildman–Crippen MR) is 125 cm³/mol. The number of aryl methyl sites for hydroxylation is 2. The Hall–Kier alpha value is -2.41. The second-order valence-electron chi connectivity index (χ2n) is 9.20. The third-order valence-electron chi connectivity index (χ3n) is 6.67. The molecule has 0 bridgehead atoms. The largest absolute Gasteiger partial charge is 0.354 e. The SMILES string of the molecule is Cc1cccc(CN2CCC(NC(=NCc3nnc(C)n3C)NC3CCCC3)CC2)c1. The van der Waals surface area contributed by atoms with E-state index < -0.39 is 0 Å². The maximum Gasteiger partial charge on any atom is 0.192 e. The van der Waals surface area contributed by atoms with Gasteiger partial charge in [0.2, 0.25) is 0 Å². The molecule has 4 rings (SSSR count). The first-order valence-corrected chi connectivity index (χ1v) is 11.8. The number of hydrogen-bond donors (Lipinski definition) is 2. The van der Waals surface area contributed by atoms with Gasteiger partial charge in [0, 0.05) is 38.8 Å². The molecule has 0 spiro atoms. The highest BCUT2D eigenvalue weighted by Gasteiger charge is 2.22. The van der Waals surface area contributed by atoms with Gasteiger partial charge in [-0.3, -0.25) is 4.90 Å². The van der Waals surface area contributed by atoms with Crippen molar-refractivity contribution in [3.05, 3.63) is 47.0 Å². The molecule has 1 aliphatic heterocycles. The summed E-state index contributed by atoms with van der Waals surface area (Å²) in [4.78, 5) is 7.45. The van der Waals surface area contributed by atoms with E-state index in [0.717, 1.165) is 50.1 Å². The monoisotopic (exact) mass is 423 g/mol. The minimum Gasteiger partial charge on any atom is -0.354 e. The number of hydrogen-bond acceptors (Lipinski definition) is 4. The number of rotatable bonds is 6. The van der Waals surface area contributed by atoms with Crippen molar-refractivity contribution in [3.8, 4) is 0 Å². The fraction of sp³-hybridized carbons (Fsp3) is 0.625. The zero-order chi connectivity index (χ0) is 21.6. The molecule has 1 saturated heterocycles. The van der Waals surface area contributed by atoms with Gasteiger partial charge < -0.3 is 15.2 Å². The van der Waals surface area contributed by atoms with Gasteiger partial charge in [0.25, 0.3) is 0 Å². The number of aromatic nitrogens is 3. The third-order valence-corrected chi connectivity index (χ3v) is 6.67. The first kappa shape index (κ1) is 21.8. The lowest BCUT2D eigenvalue weighted by molar-refractivity contribution is 0.198. The summed E-state index contributed by atoms with van der Waals surface area (Å²) in [6, 6.07) is 9.86. The zero-order valence-electron chi connectivity index (χ0n) is 19.3. The molecule has 168 valence electrons. The van der Waals surface area contributed by atoms with E-state index in [1.807, 2.05) is 18.5 Å². The first-order valence-electron chi connectivity index (χ1n) is 11.8. The van der Waals surface area contributed by atoms with Crippen molar-refractivity contribution in [1.82, 2.24) is 30.3 Å². The fourth-order valence-electron chi connectivity index (χ4n) is 4.63. The Bertz CT molecular complexity index is 874. The van der Waals surface area contributed by atoms with Crippen LogP contribution in [0.25, 0.3) is 0 Å². The van der Waals surface area contributed by atoms with E-state index in [9.17, 15) is 0 Å². The number of likely N-dealkylation sites (tertiary alicyclic amines) is 1. The minimum absolute atomic E-state index is 0.461. The van der Waals surface area contributed by atoms with Crippen LogP contribution in [0.4, 0.5) is 0 Å². The highest BCUT2D eigenvalue weighted by atomic mass is 15.3. The smallest absolute Gasteiger partial charge is 0.192 e. The van der Waals surface area contributed by atoms with E-state index in [-0.39, 0.29) is 0 Å². The fourth-order valence-corrected chi connectivity index (χ4v) is 4.63. The Morgan fingerprint density at radius 3 is 2.39 bits per heavy atom. The van der Waals surface area contributed by atoms with Crippen molar-refractivity contribution >= 4 is 5.96 Å². The molecule has 2 fully saturated rings. The van der Waals surface area contributed by atoms with Gasteiger partial charge in [-0.05, 0) is 45.1 Å². The van der Waals surface area contributed by atoms with Crippen LogP contribution in [-0.4, -0.2) is 50.8 Å². The van der Waals surface area contributed by atoms with Gasteiger partial charge in [-0.2, -0.15) is 0 Å². The molecule has 2 heterocycles. The standard InChI is InChI=1S/C24H37N7/c1-18-7-6-8-20(15-18)17-31-13-11-22(12-14-31)27-24(26-21-9-4-5-10-21)25-16-23-29-28-19(2)30(23)3/h6-8,15,21-22H,4-5,9-14,16-17H2,1-3H3,(H2,25,26,27). The highest BCUT2D eigenvalue weighted by molar-refractivity contribution is 5.80. The average molecular weight is 424 g/mol. The molecule has 0 unspecified atom stereocenters. The topological polar surface area (TPSA) is 70.4 Å². The van der Waals surface area contributed by atoms with Gasteiger partial charge in [-0.1, -0.05) is 42.7 Å². The molecule has 31 heavy (non-hydrogen) atoms. The summed E-state index contributed by atoms with van der Waals surface area (Å²) in [6.07, 6.45) is 7.37. The second kappa shape index (κ2) is 10.3. The average Bonchev–Trinajstić information content (AvgIpc) is 3.38. The summed E-state index contributed by atoms with van der Waals surface area (Å²) >= 11 is 0. The molecule has 2 N–H and O–H groups in total. The van der Waals surface area contributed by atoms with Gasteiger partial charge in [-0.25, -0.2) is 4.99 Å². The summed E-state index contributed by atoms with van der Waals surface area (Å²) in [6.45, 7) is 7.96. The zero-order valence-corrected chi connectivity index (χ0v) is 19.3. The lowest BCUT2D eigenvalue weighted by Gasteiger charge is -2.33. The summed E-state index contributed by atoms with van der Waals surface area (Å²) in [5.74, 6) is 2.76. The van der Waals surface area contributed by atoms with Crippen LogP contribution in [0.3, 0.4) is 0 Å². The highest BCUT2D eigenvalue weighted by Crippen LogP contribution is 2.18. The summed E-state index contributed by atoms with van der Waals surface area (Å²) in [5.41, 5.74) is 2.75. The molecular formula is C24H37N7. The molecule has 2 aliphatic rings. The molecule has 1 saturated carbocycles. The Morgan fingerprint density at radius 1 is 1.03 bits per heavy atom. The molecule has 0 radical (unpaired) electrons. The van der Waals surface area contributed by atoms with E-state index in [1.54, 1.807) is 0 Å². The van der Waals surface area contributed by atoms with Crippen molar-refractivity contribution < 1.29 is 0 Å². The van der Waals surface area contributed by atoms with Crippen molar-refractivity contribution in [2.24, 2.45) is 12.0 Å². The number of aliphatic imine (C=N–C) groups is 1. The van der Waals surface area contributed by atoms with Gasteiger partial charge in [0.15, 0.2) is 11.8 Å². The van der Waals surface area contributed by atoms with Crippen LogP contribution in [0.2, 0.25) is 0 Å². The minimum atomic E-state index is 0.461. The number of guanidine groups is 1. The van der Waals surface area contributed by atoms with Gasteiger partial charge >= 0.3 is 0 Å². The van der Waals surface area contributed by atoms with Crippen LogP contribution in [0.5, 0.6) is 0 Å². The summed E-state index contributed by atoms with van der Waals surface area (Å²) in [5, 5.41) is 15.8. The first-order chi connectivity index (χ1) is 15.1. The number of benzene rings is 1. The number of piperidine rings is 1. The normalized spacial score (nSPS) is 19.1. The lowest BCUT2D eigenvalue weighted by atomic mass is 10.0. The maximum atomic E-state index is 4.88. The Labute approximate surface area is 186 Å². The van der Waals surface area contributed by atoms with Gasteiger partial charge in [-0.15, -0.1) is 10.2 Å². The van der Waals surface area contributed by atoms with Crippen LogP contribution in [-0.2, 0) is 20.1 Å². The van der Waals surface area contributed by atoms with Crippen molar-refractivity contribution in [2.45, 2.75) is 77.5 Å². The van der Waals surface area contributed by atoms with Crippen LogP contribution >= 0.6 is 0 Å². The Kier molecular flexibility index (Phi) is 7.22. The molecule has 1 aromatic heterocycles. The van der Waals surface area contributed by atoms with Crippen molar-refractivity contribution in [1.29, 1.82) is 0 Å². The van der Waals surface area contributed by atoms with E-state index >= 15 is 0 Å². The summed E-state index contributed by atoms with van der Waals surface area (Å²) in [7, 11) is 2.00. The quantitative estimate of drug-likeness (QED) is 0.552. The van der Waals surface area contributed by atoms with Gasteiger partial charge in [0.1, 0.15) is 12.4 Å². The van der Waals surface area contributed by atoms with Crippen LogP contribution in [0.1, 0.15) is 61.3 Å². The van der Waals surface area contributed by atoms with Crippen molar-refractivity contribution in [2.75, 3.05) is 13.1 Å². The third kappa shape index (κ3) is 6.06. The summed E-state index contributed by atoms with van der Waals surface area (Å²) < 4.78 is 2.01. The number of nitrogens with one attached hydrogen (secondary N) is 2. The van der Waals surface area contributed by atoms with E-state index in [0.29, 0.717) is 18.6 Å². The van der Waals surface area contributed by atoms with E-state index in [4.69, 9.17) is 4.99 Å².